The quantitative estimate of drug-likeness (QED) is 0.777. The largest absolute Gasteiger partial charge is 0.492 e. The predicted octanol–water partition coefficient (Wildman–Crippen LogP) is 2.08. The Morgan fingerprint density at radius 1 is 1.41 bits per heavy atom. The van der Waals surface area contributed by atoms with Crippen LogP contribution in [0.3, 0.4) is 0 Å². The van der Waals surface area contributed by atoms with E-state index >= 15 is 0 Å². The lowest BCUT2D eigenvalue weighted by Crippen LogP contribution is -2.21. The van der Waals surface area contributed by atoms with Crippen molar-refractivity contribution < 1.29 is 17.3 Å². The Kier molecular flexibility index (Phi) is 2.91. The Morgan fingerprint density at radius 2 is 2.12 bits per heavy atom. The molecule has 17 heavy (non-hydrogen) atoms. The average Bonchev–Trinajstić information content (AvgIpc) is 2.55. The third-order valence-corrected chi connectivity index (χ3v) is 4.22. The Labute approximate surface area is 102 Å². The van der Waals surface area contributed by atoms with Gasteiger partial charge in [0.2, 0.25) is 0 Å². The molecule has 0 fully saturated rings. The van der Waals surface area contributed by atoms with Crippen molar-refractivity contribution in [3.05, 3.63) is 23.8 Å². The molecule has 1 aromatic rings. The predicted molar refractivity (Wildman–Crippen MR) is 63.8 cm³/mol. The lowest BCUT2D eigenvalue weighted by atomic mass is 9.87. The van der Waals surface area contributed by atoms with Gasteiger partial charge in [-0.05, 0) is 19.1 Å². The second kappa shape index (κ2) is 3.99. The van der Waals surface area contributed by atoms with Crippen LogP contribution in [-0.4, -0.2) is 21.6 Å². The molecule has 0 spiro atoms. The molecule has 1 aliphatic rings. The van der Waals surface area contributed by atoms with Crippen molar-refractivity contribution in [3.8, 4) is 5.75 Å². The number of rotatable bonds is 3. The second-order valence-electron chi connectivity index (χ2n) is 4.66. The van der Waals surface area contributed by atoms with E-state index in [2.05, 4.69) is 0 Å². The van der Waals surface area contributed by atoms with Gasteiger partial charge in [0, 0.05) is 11.0 Å². The van der Waals surface area contributed by atoms with Gasteiger partial charge < -0.3 is 4.74 Å². The number of ether oxygens (including phenoxy) is 1. The fourth-order valence-corrected chi connectivity index (χ4v) is 3.37. The van der Waals surface area contributed by atoms with E-state index in [4.69, 9.17) is 8.92 Å². The summed E-state index contributed by atoms with van der Waals surface area (Å²) < 4.78 is 34.4. The fourth-order valence-electron chi connectivity index (χ4n) is 2.06. The number of benzene rings is 1. The van der Waals surface area contributed by atoms with Crippen LogP contribution in [0.4, 0.5) is 0 Å². The van der Waals surface area contributed by atoms with Gasteiger partial charge in [-0.1, -0.05) is 19.9 Å². The van der Waals surface area contributed by atoms with Crippen LogP contribution in [0, 0.1) is 0 Å². The molecule has 94 valence electrons. The van der Waals surface area contributed by atoms with Crippen molar-refractivity contribution in [2.75, 3.05) is 13.2 Å². The summed E-state index contributed by atoms with van der Waals surface area (Å²) in [5.74, 6) is 0.635. The summed E-state index contributed by atoms with van der Waals surface area (Å²) in [6.45, 7) is 6.20. The van der Waals surface area contributed by atoms with E-state index in [1.54, 1.807) is 25.1 Å². The highest BCUT2D eigenvalue weighted by molar-refractivity contribution is 7.86. The van der Waals surface area contributed by atoms with Gasteiger partial charge in [-0.15, -0.1) is 0 Å². The standard InChI is InChI=1S/C12H16O4S/c1-4-16-17(13,14)10-7-5-6-9-11(10)12(2,3)8-15-9/h5-7H,4,8H2,1-3H3. The minimum Gasteiger partial charge on any atom is -0.492 e. The molecule has 0 amide bonds. The molecule has 1 heterocycles. The van der Waals surface area contributed by atoms with E-state index in [9.17, 15) is 8.42 Å². The molecular weight excluding hydrogens is 240 g/mol. The highest BCUT2D eigenvalue weighted by Crippen LogP contribution is 2.42. The molecular formula is C12H16O4S. The van der Waals surface area contributed by atoms with Gasteiger partial charge in [0.05, 0.1) is 13.2 Å². The maximum absolute atomic E-state index is 12.0. The number of hydrogen-bond acceptors (Lipinski definition) is 4. The number of hydrogen-bond donors (Lipinski definition) is 0. The highest BCUT2D eigenvalue weighted by Gasteiger charge is 2.37. The molecule has 0 aromatic heterocycles. The van der Waals surface area contributed by atoms with Crippen molar-refractivity contribution in [1.29, 1.82) is 0 Å². The molecule has 2 rings (SSSR count). The molecule has 0 atom stereocenters. The van der Waals surface area contributed by atoms with E-state index in [0.717, 1.165) is 0 Å². The van der Waals surface area contributed by atoms with Crippen LogP contribution in [-0.2, 0) is 19.7 Å². The first kappa shape index (κ1) is 12.4. The Balaban J connectivity index is 2.62. The molecule has 1 aliphatic heterocycles. The minimum atomic E-state index is -3.69. The van der Waals surface area contributed by atoms with Gasteiger partial charge >= 0.3 is 0 Å². The van der Waals surface area contributed by atoms with Crippen molar-refractivity contribution in [3.63, 3.8) is 0 Å². The molecule has 0 saturated carbocycles. The molecule has 0 N–H and O–H groups in total. The van der Waals surface area contributed by atoms with Crippen LogP contribution in [0.2, 0.25) is 0 Å². The molecule has 4 nitrogen and oxygen atoms in total. The van der Waals surface area contributed by atoms with Crippen molar-refractivity contribution >= 4 is 10.1 Å². The van der Waals surface area contributed by atoms with Gasteiger partial charge in [-0.25, -0.2) is 0 Å². The highest BCUT2D eigenvalue weighted by atomic mass is 32.2. The Hall–Kier alpha value is -1.07. The topological polar surface area (TPSA) is 52.6 Å². The van der Waals surface area contributed by atoms with E-state index < -0.39 is 10.1 Å². The summed E-state index contributed by atoms with van der Waals surface area (Å²) in [6, 6.07) is 5.03. The monoisotopic (exact) mass is 256 g/mol. The molecule has 0 bridgehead atoms. The van der Waals surface area contributed by atoms with E-state index in [0.29, 0.717) is 17.9 Å². The van der Waals surface area contributed by atoms with Crippen LogP contribution in [0.15, 0.2) is 23.1 Å². The van der Waals surface area contributed by atoms with E-state index in [-0.39, 0.29) is 16.9 Å². The van der Waals surface area contributed by atoms with Crippen LogP contribution in [0.1, 0.15) is 26.3 Å². The van der Waals surface area contributed by atoms with Gasteiger partial charge in [-0.2, -0.15) is 8.42 Å². The lowest BCUT2D eigenvalue weighted by Gasteiger charge is -2.18. The SMILES string of the molecule is CCOS(=O)(=O)c1cccc2c1C(C)(C)CO2. The van der Waals surface area contributed by atoms with Crippen molar-refractivity contribution in [2.24, 2.45) is 0 Å². The van der Waals surface area contributed by atoms with Crippen LogP contribution >= 0.6 is 0 Å². The maximum Gasteiger partial charge on any atom is 0.297 e. The summed E-state index contributed by atoms with van der Waals surface area (Å²) in [7, 11) is -3.69. The van der Waals surface area contributed by atoms with E-state index in [1.807, 2.05) is 13.8 Å². The fraction of sp³-hybridized carbons (Fsp3) is 0.500. The van der Waals surface area contributed by atoms with E-state index in [1.165, 1.54) is 0 Å². The first-order valence-electron chi connectivity index (χ1n) is 5.54. The summed E-state index contributed by atoms with van der Waals surface area (Å²) in [5.41, 5.74) is 0.407. The first-order valence-corrected chi connectivity index (χ1v) is 6.95. The minimum absolute atomic E-state index is 0.132. The lowest BCUT2D eigenvalue weighted by molar-refractivity contribution is 0.290. The molecule has 0 radical (unpaired) electrons. The summed E-state index contributed by atoms with van der Waals surface area (Å²) in [6.07, 6.45) is 0. The van der Waals surface area contributed by atoms with Gasteiger partial charge in [0.1, 0.15) is 10.6 Å². The second-order valence-corrected chi connectivity index (χ2v) is 6.25. The third kappa shape index (κ3) is 2.05. The zero-order valence-electron chi connectivity index (χ0n) is 10.2. The third-order valence-electron chi connectivity index (χ3n) is 2.80. The van der Waals surface area contributed by atoms with Crippen LogP contribution in [0.5, 0.6) is 5.75 Å². The smallest absolute Gasteiger partial charge is 0.297 e. The Bertz CT molecular complexity index is 531. The van der Waals surface area contributed by atoms with Crippen LogP contribution < -0.4 is 4.74 Å². The zero-order valence-corrected chi connectivity index (χ0v) is 11.0. The van der Waals surface area contributed by atoms with Crippen molar-refractivity contribution in [1.82, 2.24) is 0 Å². The molecule has 0 saturated heterocycles. The van der Waals surface area contributed by atoms with Gasteiger partial charge in [0.25, 0.3) is 10.1 Å². The average molecular weight is 256 g/mol. The molecule has 1 aromatic carbocycles. The first-order chi connectivity index (χ1) is 7.88. The van der Waals surface area contributed by atoms with Gasteiger partial charge in [-0.3, -0.25) is 4.18 Å². The summed E-state index contributed by atoms with van der Waals surface area (Å²) in [5, 5.41) is 0. The van der Waals surface area contributed by atoms with Gasteiger partial charge in [0.15, 0.2) is 0 Å². The zero-order chi connectivity index (χ0) is 12.7. The summed E-state index contributed by atoms with van der Waals surface area (Å²) >= 11 is 0. The van der Waals surface area contributed by atoms with Crippen LogP contribution in [0.25, 0.3) is 0 Å². The summed E-state index contributed by atoms with van der Waals surface area (Å²) in [4.78, 5) is 0.222. The maximum atomic E-state index is 12.0. The molecule has 0 unspecified atom stereocenters. The Morgan fingerprint density at radius 3 is 2.76 bits per heavy atom. The molecule has 5 heteroatoms. The van der Waals surface area contributed by atoms with Crippen molar-refractivity contribution in [2.45, 2.75) is 31.1 Å². The number of fused-ring (bicyclic) bond motifs is 1. The normalized spacial score (nSPS) is 17.6. The molecule has 0 aliphatic carbocycles.